The molecule has 3 heterocycles. The Bertz CT molecular complexity index is 1520. The maximum Gasteiger partial charge on any atom is 0.401 e. The SMILES string of the molecule is Cc1nn(C)cc1Nc1ncc(-c2ccc(CC(=O)Nc3cc(C4(C(F)(F)F)CC4)on3)c(F)c2)c(N)n1. The van der Waals surface area contributed by atoms with E-state index in [0.29, 0.717) is 16.8 Å². The van der Waals surface area contributed by atoms with Crippen molar-refractivity contribution in [3.05, 3.63) is 59.5 Å². The summed E-state index contributed by atoms with van der Waals surface area (Å²) in [5.41, 5.74) is 6.34. The number of hydrogen-bond acceptors (Lipinski definition) is 8. The maximum atomic E-state index is 14.8. The van der Waals surface area contributed by atoms with Crippen LogP contribution in [0, 0.1) is 12.7 Å². The van der Waals surface area contributed by atoms with Gasteiger partial charge in [-0.2, -0.15) is 23.3 Å². The summed E-state index contributed by atoms with van der Waals surface area (Å²) in [6, 6.07) is 5.22. The van der Waals surface area contributed by atoms with Gasteiger partial charge in [0.15, 0.2) is 11.6 Å². The number of aromatic nitrogens is 5. The van der Waals surface area contributed by atoms with Gasteiger partial charge >= 0.3 is 6.18 Å². The number of nitrogens with one attached hydrogen (secondary N) is 2. The molecule has 0 unspecified atom stereocenters. The Morgan fingerprint density at radius 1 is 1.26 bits per heavy atom. The molecule has 0 radical (unpaired) electrons. The Balaban J connectivity index is 1.25. The van der Waals surface area contributed by atoms with Crippen molar-refractivity contribution in [3.8, 4) is 11.1 Å². The smallest absolute Gasteiger partial charge is 0.383 e. The number of nitrogen functional groups attached to an aromatic ring is 1. The number of amides is 1. The summed E-state index contributed by atoms with van der Waals surface area (Å²) in [6.07, 6.45) is -1.83. The number of benzene rings is 1. The van der Waals surface area contributed by atoms with Gasteiger partial charge in [0, 0.05) is 31.1 Å². The summed E-state index contributed by atoms with van der Waals surface area (Å²) >= 11 is 0. The number of anilines is 4. The minimum absolute atomic E-state index is 0.0637. The molecule has 1 fully saturated rings. The van der Waals surface area contributed by atoms with Crippen LogP contribution in [0.1, 0.15) is 29.9 Å². The fourth-order valence-electron chi connectivity index (χ4n) is 4.09. The van der Waals surface area contributed by atoms with E-state index in [4.69, 9.17) is 10.3 Å². The van der Waals surface area contributed by atoms with Crippen molar-refractivity contribution in [2.24, 2.45) is 7.05 Å². The van der Waals surface area contributed by atoms with Gasteiger partial charge in [-0.25, -0.2) is 9.37 Å². The van der Waals surface area contributed by atoms with Gasteiger partial charge in [-0.3, -0.25) is 9.48 Å². The molecule has 5 rings (SSSR count). The Kier molecular flexibility index (Phi) is 6.04. The van der Waals surface area contributed by atoms with E-state index < -0.39 is 23.3 Å². The average molecular weight is 530 g/mol. The zero-order valence-corrected chi connectivity index (χ0v) is 20.2. The molecule has 0 saturated heterocycles. The van der Waals surface area contributed by atoms with Gasteiger partial charge in [0.05, 0.1) is 17.8 Å². The quantitative estimate of drug-likeness (QED) is 0.299. The number of carbonyl (C=O) groups excluding carboxylic acids is 1. The van der Waals surface area contributed by atoms with E-state index in [2.05, 4.69) is 30.9 Å². The highest BCUT2D eigenvalue weighted by Gasteiger charge is 2.66. The van der Waals surface area contributed by atoms with Crippen LogP contribution in [0.3, 0.4) is 0 Å². The molecule has 0 atom stereocenters. The first-order chi connectivity index (χ1) is 17.9. The first-order valence-electron chi connectivity index (χ1n) is 11.5. The lowest BCUT2D eigenvalue weighted by atomic mass is 10.0. The van der Waals surface area contributed by atoms with Crippen LogP contribution in [0.2, 0.25) is 0 Å². The second-order valence-corrected chi connectivity index (χ2v) is 9.11. The number of rotatable bonds is 7. The molecule has 4 aromatic rings. The number of carbonyl (C=O) groups is 1. The van der Waals surface area contributed by atoms with E-state index in [1.54, 1.807) is 24.0 Å². The molecule has 1 amide bonds. The van der Waals surface area contributed by atoms with Gasteiger partial charge in [0.2, 0.25) is 11.9 Å². The molecule has 14 heteroatoms. The number of aryl methyl sites for hydroxylation is 2. The Labute approximate surface area is 213 Å². The van der Waals surface area contributed by atoms with E-state index in [1.807, 2.05) is 6.92 Å². The number of nitrogens with zero attached hydrogens (tertiary/aromatic N) is 5. The third kappa shape index (κ3) is 4.76. The van der Waals surface area contributed by atoms with Crippen LogP contribution in [0.15, 0.2) is 41.2 Å². The molecule has 1 aromatic carbocycles. The summed E-state index contributed by atoms with van der Waals surface area (Å²) in [5.74, 6) is -1.51. The van der Waals surface area contributed by atoms with Crippen LogP contribution in [0.25, 0.3) is 11.1 Å². The predicted octanol–water partition coefficient (Wildman–Crippen LogP) is 4.41. The van der Waals surface area contributed by atoms with E-state index in [1.165, 1.54) is 18.3 Å². The van der Waals surface area contributed by atoms with Crippen LogP contribution in [-0.4, -0.2) is 37.0 Å². The molecule has 38 heavy (non-hydrogen) atoms. The lowest BCUT2D eigenvalue weighted by molar-refractivity contribution is -0.165. The molecule has 0 aliphatic heterocycles. The van der Waals surface area contributed by atoms with E-state index in [9.17, 15) is 22.4 Å². The zero-order chi connectivity index (χ0) is 27.2. The first-order valence-corrected chi connectivity index (χ1v) is 11.5. The average Bonchev–Trinajstić information content (AvgIpc) is 3.44. The molecule has 0 bridgehead atoms. The summed E-state index contributed by atoms with van der Waals surface area (Å²) in [5, 5.41) is 13.1. The highest BCUT2D eigenvalue weighted by atomic mass is 19.4. The number of halogens is 4. The Hall–Kier alpha value is -4.49. The van der Waals surface area contributed by atoms with Crippen LogP contribution < -0.4 is 16.4 Å². The summed E-state index contributed by atoms with van der Waals surface area (Å²) in [4.78, 5) is 20.9. The third-order valence-corrected chi connectivity index (χ3v) is 6.34. The normalized spacial score (nSPS) is 14.4. The fraction of sp³-hybridized carbons (Fsp3) is 0.292. The minimum Gasteiger partial charge on any atom is -0.383 e. The van der Waals surface area contributed by atoms with E-state index in [0.717, 1.165) is 11.8 Å². The summed E-state index contributed by atoms with van der Waals surface area (Å²) < 4.78 is 61.1. The third-order valence-electron chi connectivity index (χ3n) is 6.34. The number of hydrogen-bond donors (Lipinski definition) is 3. The molecule has 4 N–H and O–H groups in total. The molecule has 1 aliphatic carbocycles. The van der Waals surface area contributed by atoms with Gasteiger partial charge in [0.1, 0.15) is 17.1 Å². The van der Waals surface area contributed by atoms with E-state index >= 15 is 0 Å². The maximum absolute atomic E-state index is 14.8. The largest absolute Gasteiger partial charge is 0.401 e. The van der Waals surface area contributed by atoms with Crippen molar-refractivity contribution in [1.82, 2.24) is 24.9 Å². The summed E-state index contributed by atoms with van der Waals surface area (Å²) in [6.45, 7) is 1.82. The van der Waals surface area contributed by atoms with Crippen molar-refractivity contribution >= 4 is 29.2 Å². The second-order valence-electron chi connectivity index (χ2n) is 9.11. The van der Waals surface area contributed by atoms with Crippen molar-refractivity contribution in [3.63, 3.8) is 0 Å². The topological polar surface area (TPSA) is 137 Å². The van der Waals surface area contributed by atoms with Crippen molar-refractivity contribution in [1.29, 1.82) is 0 Å². The lowest BCUT2D eigenvalue weighted by Crippen LogP contribution is -2.28. The van der Waals surface area contributed by atoms with Gasteiger partial charge < -0.3 is 20.9 Å². The van der Waals surface area contributed by atoms with Crippen molar-refractivity contribution < 1.29 is 26.9 Å². The van der Waals surface area contributed by atoms with Crippen molar-refractivity contribution in [2.75, 3.05) is 16.4 Å². The molecule has 198 valence electrons. The predicted molar refractivity (Wildman–Crippen MR) is 129 cm³/mol. The number of nitrogens with two attached hydrogens (primary N) is 1. The molecular formula is C24H22F4N8O2. The van der Waals surface area contributed by atoms with Crippen molar-refractivity contribution in [2.45, 2.75) is 37.8 Å². The Morgan fingerprint density at radius 2 is 2.03 bits per heavy atom. The molecule has 0 spiro atoms. The van der Waals surface area contributed by atoms with Crippen LogP contribution in [-0.2, 0) is 23.7 Å². The van der Waals surface area contributed by atoms with Gasteiger partial charge in [0.25, 0.3) is 0 Å². The highest BCUT2D eigenvalue weighted by molar-refractivity contribution is 5.91. The number of alkyl halides is 3. The lowest BCUT2D eigenvalue weighted by Gasteiger charge is -2.14. The first kappa shape index (κ1) is 25.2. The monoisotopic (exact) mass is 530 g/mol. The summed E-state index contributed by atoms with van der Waals surface area (Å²) in [7, 11) is 1.78. The van der Waals surface area contributed by atoms with E-state index in [-0.39, 0.29) is 48.2 Å². The zero-order valence-electron chi connectivity index (χ0n) is 20.2. The minimum atomic E-state index is -4.47. The molecule has 1 saturated carbocycles. The van der Waals surface area contributed by atoms with Crippen LogP contribution in [0.5, 0.6) is 0 Å². The molecule has 1 aliphatic rings. The fourth-order valence-corrected chi connectivity index (χ4v) is 4.09. The van der Waals surface area contributed by atoms with Gasteiger partial charge in [-0.1, -0.05) is 17.3 Å². The van der Waals surface area contributed by atoms with Gasteiger partial charge in [-0.05, 0) is 37.0 Å². The molecule has 10 nitrogen and oxygen atoms in total. The molecular weight excluding hydrogens is 508 g/mol. The Morgan fingerprint density at radius 3 is 2.63 bits per heavy atom. The van der Waals surface area contributed by atoms with Gasteiger partial charge in [-0.15, -0.1) is 0 Å². The highest BCUT2D eigenvalue weighted by Crippen LogP contribution is 2.59. The standard InChI is InChI=1S/C24H22F4N8O2/c1-12-17(11-36(2)34-12)31-22-30-10-15(21(29)33-22)13-3-4-14(16(25)7-13)8-20(37)32-19-9-18(38-35-19)23(5-6-23)24(26,27)28/h3-4,7,9-11H,5-6,8H2,1-2H3,(H,32,35,37)(H3,29,30,31,33). The molecule has 3 aromatic heterocycles. The van der Waals surface area contributed by atoms with Crippen LogP contribution >= 0.6 is 0 Å². The second kappa shape index (κ2) is 9.11. The van der Waals surface area contributed by atoms with Crippen LogP contribution in [0.4, 0.5) is 40.8 Å².